The normalized spacial score (nSPS) is 10.1. The second kappa shape index (κ2) is 4.31. The fourth-order valence-electron chi connectivity index (χ4n) is 1.06. The maximum atomic E-state index is 13.2. The molecule has 7 heteroatoms. The highest BCUT2D eigenvalue weighted by molar-refractivity contribution is 7.15. The molecule has 0 aromatic carbocycles. The van der Waals surface area contributed by atoms with E-state index in [0.717, 1.165) is 5.01 Å². The van der Waals surface area contributed by atoms with Crippen molar-refractivity contribution in [1.82, 2.24) is 15.2 Å². The van der Waals surface area contributed by atoms with Crippen molar-refractivity contribution in [3.63, 3.8) is 0 Å². The number of aromatic nitrogens is 3. The standard InChI is InChI=1S/C9H7FN4OS/c1-5-13-14-9(16-5)12-8(15)7-6(10)3-2-4-11-7/h2-4H,1H3,(H,12,14,15). The Morgan fingerprint density at radius 1 is 1.50 bits per heavy atom. The minimum atomic E-state index is -0.666. The molecule has 5 nitrogen and oxygen atoms in total. The third-order valence-electron chi connectivity index (χ3n) is 1.72. The number of aryl methyl sites for hydroxylation is 1. The van der Waals surface area contributed by atoms with Crippen LogP contribution in [0.4, 0.5) is 9.52 Å². The SMILES string of the molecule is Cc1nnc(NC(=O)c2ncccc2F)s1. The number of hydrogen-bond donors (Lipinski definition) is 1. The lowest BCUT2D eigenvalue weighted by Crippen LogP contribution is -2.15. The van der Waals surface area contributed by atoms with E-state index >= 15 is 0 Å². The number of hydrogen-bond acceptors (Lipinski definition) is 5. The zero-order chi connectivity index (χ0) is 11.5. The molecule has 1 amide bonds. The van der Waals surface area contributed by atoms with E-state index in [1.54, 1.807) is 6.92 Å². The zero-order valence-corrected chi connectivity index (χ0v) is 9.08. The Kier molecular flexibility index (Phi) is 2.86. The van der Waals surface area contributed by atoms with Crippen molar-refractivity contribution >= 4 is 22.4 Å². The molecule has 0 aliphatic rings. The summed E-state index contributed by atoms with van der Waals surface area (Å²) in [5.74, 6) is -1.30. The highest BCUT2D eigenvalue weighted by atomic mass is 32.1. The predicted octanol–water partition coefficient (Wildman–Crippen LogP) is 1.63. The Morgan fingerprint density at radius 3 is 2.94 bits per heavy atom. The number of anilines is 1. The summed E-state index contributed by atoms with van der Waals surface area (Å²) in [4.78, 5) is 15.2. The average Bonchev–Trinajstić information content (AvgIpc) is 2.64. The second-order valence-electron chi connectivity index (χ2n) is 2.91. The first-order chi connectivity index (χ1) is 7.66. The van der Waals surface area contributed by atoms with Crippen molar-refractivity contribution < 1.29 is 9.18 Å². The molecule has 0 aliphatic carbocycles. The molecule has 0 aliphatic heterocycles. The van der Waals surface area contributed by atoms with Crippen molar-refractivity contribution in [2.45, 2.75) is 6.92 Å². The minimum Gasteiger partial charge on any atom is -0.295 e. The molecule has 0 saturated carbocycles. The van der Waals surface area contributed by atoms with Gasteiger partial charge in [-0.05, 0) is 19.1 Å². The van der Waals surface area contributed by atoms with Crippen LogP contribution in [0.2, 0.25) is 0 Å². The van der Waals surface area contributed by atoms with Crippen molar-refractivity contribution in [2.24, 2.45) is 0 Å². The van der Waals surface area contributed by atoms with E-state index < -0.39 is 11.7 Å². The van der Waals surface area contributed by atoms with E-state index in [2.05, 4.69) is 20.5 Å². The van der Waals surface area contributed by atoms with Gasteiger partial charge in [-0.3, -0.25) is 10.1 Å². The summed E-state index contributed by atoms with van der Waals surface area (Å²) >= 11 is 1.21. The predicted molar refractivity (Wildman–Crippen MR) is 56.8 cm³/mol. The van der Waals surface area contributed by atoms with Gasteiger partial charge >= 0.3 is 0 Å². The smallest absolute Gasteiger partial charge is 0.279 e. The molecule has 2 aromatic rings. The van der Waals surface area contributed by atoms with Crippen LogP contribution in [0.25, 0.3) is 0 Å². The minimum absolute atomic E-state index is 0.254. The third-order valence-corrected chi connectivity index (χ3v) is 2.47. The molecule has 0 saturated heterocycles. The lowest BCUT2D eigenvalue weighted by molar-refractivity contribution is 0.101. The summed E-state index contributed by atoms with van der Waals surface area (Å²) < 4.78 is 13.2. The van der Waals surface area contributed by atoms with Gasteiger partial charge in [0.2, 0.25) is 5.13 Å². The molecule has 2 heterocycles. The molecule has 0 fully saturated rings. The fraction of sp³-hybridized carbons (Fsp3) is 0.111. The van der Waals surface area contributed by atoms with Crippen LogP contribution in [0, 0.1) is 12.7 Å². The number of halogens is 1. The number of nitrogens with zero attached hydrogens (tertiary/aromatic N) is 3. The molecule has 82 valence electrons. The van der Waals surface area contributed by atoms with Gasteiger partial charge in [0.25, 0.3) is 5.91 Å². The van der Waals surface area contributed by atoms with Gasteiger partial charge in [0, 0.05) is 6.20 Å². The van der Waals surface area contributed by atoms with E-state index in [9.17, 15) is 9.18 Å². The molecule has 0 bridgehead atoms. The molecular weight excluding hydrogens is 231 g/mol. The summed E-state index contributed by atoms with van der Waals surface area (Å²) in [5.41, 5.74) is -0.254. The Hall–Kier alpha value is -1.89. The molecule has 16 heavy (non-hydrogen) atoms. The van der Waals surface area contributed by atoms with E-state index in [4.69, 9.17) is 0 Å². The van der Waals surface area contributed by atoms with Crippen molar-refractivity contribution in [1.29, 1.82) is 0 Å². The zero-order valence-electron chi connectivity index (χ0n) is 8.27. The van der Waals surface area contributed by atoms with Gasteiger partial charge in [-0.25, -0.2) is 9.37 Å². The van der Waals surface area contributed by atoms with E-state index in [1.807, 2.05) is 0 Å². The number of nitrogens with one attached hydrogen (secondary N) is 1. The molecule has 0 radical (unpaired) electrons. The summed E-state index contributed by atoms with van der Waals surface area (Å²) in [7, 11) is 0. The van der Waals surface area contributed by atoms with Crippen molar-refractivity contribution in [3.8, 4) is 0 Å². The number of pyridine rings is 1. The van der Waals surface area contributed by atoms with Crippen LogP contribution in [0.15, 0.2) is 18.3 Å². The maximum Gasteiger partial charge on any atom is 0.279 e. The first kappa shape index (κ1) is 10.6. The topological polar surface area (TPSA) is 67.8 Å². The van der Waals surface area contributed by atoms with Crippen LogP contribution in [0.1, 0.15) is 15.5 Å². The Labute approximate surface area is 94.4 Å². The monoisotopic (exact) mass is 238 g/mol. The number of rotatable bonds is 2. The van der Waals surface area contributed by atoms with Gasteiger partial charge in [-0.2, -0.15) is 0 Å². The Bertz CT molecular complexity index is 528. The van der Waals surface area contributed by atoms with Gasteiger partial charge < -0.3 is 0 Å². The molecule has 0 atom stereocenters. The summed E-state index contributed by atoms with van der Waals surface area (Å²) in [5, 5.41) is 10.9. The Balaban J connectivity index is 2.18. The van der Waals surface area contributed by atoms with E-state index in [-0.39, 0.29) is 5.69 Å². The quantitative estimate of drug-likeness (QED) is 0.863. The van der Waals surface area contributed by atoms with E-state index in [1.165, 1.54) is 29.7 Å². The fourth-order valence-corrected chi connectivity index (χ4v) is 1.64. The number of carbonyl (C=O) groups excluding carboxylic acids is 1. The Morgan fingerprint density at radius 2 is 2.31 bits per heavy atom. The van der Waals surface area contributed by atoms with Crippen LogP contribution in [-0.2, 0) is 0 Å². The highest BCUT2D eigenvalue weighted by Gasteiger charge is 2.14. The first-order valence-corrected chi connectivity index (χ1v) is 5.20. The molecular formula is C9H7FN4OS. The molecule has 2 aromatic heterocycles. The maximum absolute atomic E-state index is 13.2. The van der Waals surface area contributed by atoms with Crippen molar-refractivity contribution in [2.75, 3.05) is 5.32 Å². The van der Waals surface area contributed by atoms with Crippen LogP contribution < -0.4 is 5.32 Å². The summed E-state index contributed by atoms with van der Waals surface area (Å²) in [6.07, 6.45) is 1.35. The van der Waals surface area contributed by atoms with E-state index in [0.29, 0.717) is 5.13 Å². The van der Waals surface area contributed by atoms with Gasteiger partial charge in [-0.15, -0.1) is 10.2 Å². The van der Waals surface area contributed by atoms with Gasteiger partial charge in [0.05, 0.1) is 0 Å². The molecule has 2 rings (SSSR count). The molecule has 1 N–H and O–H groups in total. The highest BCUT2D eigenvalue weighted by Crippen LogP contribution is 2.15. The van der Waals surface area contributed by atoms with Gasteiger partial charge in [0.1, 0.15) is 5.01 Å². The molecule has 0 unspecified atom stereocenters. The summed E-state index contributed by atoms with van der Waals surface area (Å²) in [6.45, 7) is 1.76. The van der Waals surface area contributed by atoms with Crippen molar-refractivity contribution in [3.05, 3.63) is 34.8 Å². The van der Waals surface area contributed by atoms with Gasteiger partial charge in [0.15, 0.2) is 11.5 Å². The van der Waals surface area contributed by atoms with Gasteiger partial charge in [-0.1, -0.05) is 11.3 Å². The first-order valence-electron chi connectivity index (χ1n) is 4.39. The second-order valence-corrected chi connectivity index (χ2v) is 4.10. The molecule has 0 spiro atoms. The lowest BCUT2D eigenvalue weighted by Gasteiger charge is -2.00. The number of carbonyl (C=O) groups is 1. The van der Waals surface area contributed by atoms with Crippen LogP contribution in [0.5, 0.6) is 0 Å². The average molecular weight is 238 g/mol. The number of amides is 1. The largest absolute Gasteiger partial charge is 0.295 e. The van der Waals surface area contributed by atoms with Crippen LogP contribution in [0.3, 0.4) is 0 Å². The lowest BCUT2D eigenvalue weighted by atomic mass is 10.3. The van der Waals surface area contributed by atoms with Crippen LogP contribution in [-0.4, -0.2) is 21.1 Å². The third kappa shape index (κ3) is 2.19. The summed E-state index contributed by atoms with van der Waals surface area (Å²) in [6, 6.07) is 2.59. The van der Waals surface area contributed by atoms with Crippen LogP contribution >= 0.6 is 11.3 Å².